The van der Waals surface area contributed by atoms with E-state index in [1.807, 2.05) is 26.0 Å². The SMILES string of the molecule is CCN(CCOC)C(c1ccc(C)o1)C(C)N. The third kappa shape index (κ3) is 3.84. The second kappa shape index (κ2) is 6.79. The summed E-state index contributed by atoms with van der Waals surface area (Å²) in [6, 6.07) is 4.13. The summed E-state index contributed by atoms with van der Waals surface area (Å²) >= 11 is 0. The molecule has 0 spiro atoms. The Balaban J connectivity index is 2.83. The largest absolute Gasteiger partial charge is 0.465 e. The Kier molecular flexibility index (Phi) is 5.68. The highest BCUT2D eigenvalue weighted by atomic mass is 16.5. The molecule has 0 bridgehead atoms. The number of rotatable bonds is 7. The molecule has 4 nitrogen and oxygen atoms in total. The van der Waals surface area contributed by atoms with Crippen LogP contribution in [0.25, 0.3) is 0 Å². The van der Waals surface area contributed by atoms with Crippen molar-refractivity contribution in [1.82, 2.24) is 4.90 Å². The zero-order chi connectivity index (χ0) is 12.8. The molecule has 1 heterocycles. The number of nitrogens with zero attached hydrogens (tertiary/aromatic N) is 1. The molecule has 0 fully saturated rings. The molecule has 4 heteroatoms. The Labute approximate surface area is 104 Å². The van der Waals surface area contributed by atoms with Gasteiger partial charge in [-0.1, -0.05) is 6.92 Å². The molecule has 98 valence electrons. The van der Waals surface area contributed by atoms with E-state index in [2.05, 4.69) is 11.8 Å². The van der Waals surface area contributed by atoms with E-state index in [1.165, 1.54) is 0 Å². The second-order valence-electron chi connectivity index (χ2n) is 4.37. The van der Waals surface area contributed by atoms with E-state index in [1.54, 1.807) is 7.11 Å². The Bertz CT molecular complexity index is 323. The van der Waals surface area contributed by atoms with Gasteiger partial charge in [-0.2, -0.15) is 0 Å². The number of methoxy groups -OCH3 is 1. The molecule has 0 aliphatic heterocycles. The van der Waals surface area contributed by atoms with Crippen molar-refractivity contribution in [3.63, 3.8) is 0 Å². The summed E-state index contributed by atoms with van der Waals surface area (Å²) in [5.41, 5.74) is 6.08. The molecule has 0 saturated heterocycles. The van der Waals surface area contributed by atoms with Crippen molar-refractivity contribution in [3.05, 3.63) is 23.7 Å². The van der Waals surface area contributed by atoms with Crippen LogP contribution in [-0.2, 0) is 4.74 Å². The van der Waals surface area contributed by atoms with Crippen molar-refractivity contribution < 1.29 is 9.15 Å². The van der Waals surface area contributed by atoms with Gasteiger partial charge in [0, 0.05) is 19.7 Å². The summed E-state index contributed by atoms with van der Waals surface area (Å²) in [5.74, 6) is 1.86. The van der Waals surface area contributed by atoms with Crippen LogP contribution in [0.1, 0.15) is 31.4 Å². The van der Waals surface area contributed by atoms with Crippen LogP contribution in [-0.4, -0.2) is 37.7 Å². The maximum atomic E-state index is 6.08. The zero-order valence-corrected chi connectivity index (χ0v) is 11.3. The number of hydrogen-bond donors (Lipinski definition) is 1. The van der Waals surface area contributed by atoms with Crippen LogP contribution in [0.2, 0.25) is 0 Å². The van der Waals surface area contributed by atoms with Gasteiger partial charge in [-0.05, 0) is 32.5 Å². The Morgan fingerprint density at radius 2 is 2.18 bits per heavy atom. The van der Waals surface area contributed by atoms with Crippen LogP contribution < -0.4 is 5.73 Å². The minimum Gasteiger partial charge on any atom is -0.465 e. The molecule has 1 aromatic rings. The smallest absolute Gasteiger partial charge is 0.122 e. The summed E-state index contributed by atoms with van der Waals surface area (Å²) in [6.45, 7) is 8.58. The fraction of sp³-hybridized carbons (Fsp3) is 0.692. The molecule has 17 heavy (non-hydrogen) atoms. The van der Waals surface area contributed by atoms with Crippen molar-refractivity contribution in [1.29, 1.82) is 0 Å². The number of nitrogens with two attached hydrogens (primary N) is 1. The fourth-order valence-electron chi connectivity index (χ4n) is 2.09. The first-order valence-electron chi connectivity index (χ1n) is 6.15. The van der Waals surface area contributed by atoms with E-state index in [4.69, 9.17) is 14.9 Å². The Morgan fingerprint density at radius 1 is 1.47 bits per heavy atom. The average Bonchev–Trinajstić information content (AvgIpc) is 2.69. The van der Waals surface area contributed by atoms with Crippen LogP contribution in [0.4, 0.5) is 0 Å². The van der Waals surface area contributed by atoms with Crippen LogP contribution >= 0.6 is 0 Å². The van der Waals surface area contributed by atoms with E-state index in [-0.39, 0.29) is 12.1 Å². The fourth-order valence-corrected chi connectivity index (χ4v) is 2.09. The monoisotopic (exact) mass is 240 g/mol. The molecular formula is C13H24N2O2. The summed E-state index contributed by atoms with van der Waals surface area (Å²) < 4.78 is 10.8. The number of ether oxygens (including phenoxy) is 1. The van der Waals surface area contributed by atoms with Gasteiger partial charge in [0.25, 0.3) is 0 Å². The molecule has 0 saturated carbocycles. The van der Waals surface area contributed by atoms with Crippen molar-refractivity contribution in [3.8, 4) is 0 Å². The average molecular weight is 240 g/mol. The predicted molar refractivity (Wildman–Crippen MR) is 69.0 cm³/mol. The number of furan rings is 1. The third-order valence-corrected chi connectivity index (χ3v) is 2.93. The molecule has 0 aliphatic rings. The minimum absolute atomic E-state index is 0.0253. The van der Waals surface area contributed by atoms with Crippen molar-refractivity contribution in [2.75, 3.05) is 26.8 Å². The lowest BCUT2D eigenvalue weighted by Crippen LogP contribution is -2.40. The van der Waals surface area contributed by atoms with Crippen molar-refractivity contribution in [2.45, 2.75) is 32.9 Å². The summed E-state index contributed by atoms with van der Waals surface area (Å²) in [6.07, 6.45) is 0. The summed E-state index contributed by atoms with van der Waals surface area (Å²) in [7, 11) is 1.71. The third-order valence-electron chi connectivity index (χ3n) is 2.93. The summed E-state index contributed by atoms with van der Waals surface area (Å²) in [4.78, 5) is 2.28. The lowest BCUT2D eigenvalue weighted by Gasteiger charge is -2.31. The van der Waals surface area contributed by atoms with Crippen LogP contribution in [0.15, 0.2) is 16.5 Å². The minimum atomic E-state index is 0.0253. The highest BCUT2D eigenvalue weighted by molar-refractivity contribution is 5.11. The van der Waals surface area contributed by atoms with Gasteiger partial charge in [0.1, 0.15) is 11.5 Å². The molecule has 2 atom stereocenters. The Morgan fingerprint density at radius 3 is 2.59 bits per heavy atom. The first kappa shape index (κ1) is 14.2. The van der Waals surface area contributed by atoms with Crippen LogP contribution in [0, 0.1) is 6.92 Å². The molecule has 0 aromatic carbocycles. The number of likely N-dealkylation sites (N-methyl/N-ethyl adjacent to an activating group) is 1. The van der Waals surface area contributed by atoms with Crippen molar-refractivity contribution >= 4 is 0 Å². The second-order valence-corrected chi connectivity index (χ2v) is 4.37. The van der Waals surface area contributed by atoms with Gasteiger partial charge in [-0.3, -0.25) is 4.90 Å². The highest BCUT2D eigenvalue weighted by Crippen LogP contribution is 2.25. The highest BCUT2D eigenvalue weighted by Gasteiger charge is 2.25. The van der Waals surface area contributed by atoms with E-state index in [9.17, 15) is 0 Å². The molecule has 1 aromatic heterocycles. The van der Waals surface area contributed by atoms with E-state index in [0.717, 1.165) is 24.6 Å². The van der Waals surface area contributed by atoms with Gasteiger partial charge in [0.15, 0.2) is 0 Å². The van der Waals surface area contributed by atoms with Gasteiger partial charge in [-0.25, -0.2) is 0 Å². The molecule has 2 unspecified atom stereocenters. The van der Waals surface area contributed by atoms with Gasteiger partial charge < -0.3 is 14.9 Å². The topological polar surface area (TPSA) is 51.6 Å². The molecule has 2 N–H and O–H groups in total. The van der Waals surface area contributed by atoms with Gasteiger partial charge in [0.2, 0.25) is 0 Å². The first-order chi connectivity index (χ1) is 8.10. The normalized spacial score (nSPS) is 15.2. The van der Waals surface area contributed by atoms with E-state index < -0.39 is 0 Å². The van der Waals surface area contributed by atoms with Crippen LogP contribution in [0.5, 0.6) is 0 Å². The molecule has 1 rings (SSSR count). The van der Waals surface area contributed by atoms with Gasteiger partial charge >= 0.3 is 0 Å². The lowest BCUT2D eigenvalue weighted by molar-refractivity contribution is 0.105. The first-order valence-corrected chi connectivity index (χ1v) is 6.15. The lowest BCUT2D eigenvalue weighted by atomic mass is 10.1. The maximum Gasteiger partial charge on any atom is 0.122 e. The number of hydrogen-bond acceptors (Lipinski definition) is 4. The van der Waals surface area contributed by atoms with E-state index >= 15 is 0 Å². The predicted octanol–water partition coefficient (Wildman–Crippen LogP) is 1.94. The quantitative estimate of drug-likeness (QED) is 0.791. The molecular weight excluding hydrogens is 216 g/mol. The zero-order valence-electron chi connectivity index (χ0n) is 11.3. The van der Waals surface area contributed by atoms with Gasteiger partial charge in [-0.15, -0.1) is 0 Å². The van der Waals surface area contributed by atoms with Crippen molar-refractivity contribution in [2.24, 2.45) is 5.73 Å². The summed E-state index contributed by atoms with van der Waals surface area (Å²) in [5, 5.41) is 0. The maximum absolute atomic E-state index is 6.08. The number of aryl methyl sites for hydroxylation is 1. The molecule has 0 radical (unpaired) electrons. The standard InChI is InChI=1S/C13H24N2O2/c1-5-15(8-9-16-4)13(11(3)14)12-7-6-10(2)17-12/h6-7,11,13H,5,8-9,14H2,1-4H3. The Hall–Kier alpha value is -0.840. The van der Waals surface area contributed by atoms with E-state index in [0.29, 0.717) is 6.61 Å². The molecule has 0 amide bonds. The van der Waals surface area contributed by atoms with Gasteiger partial charge in [0.05, 0.1) is 12.6 Å². The molecule has 0 aliphatic carbocycles. The van der Waals surface area contributed by atoms with Crippen LogP contribution in [0.3, 0.4) is 0 Å².